The number of Topliss-reactive ketones (excluding diaryl/α,β-unsaturated/α-hetero) is 1. The first-order valence-corrected chi connectivity index (χ1v) is 9.46. The van der Waals surface area contributed by atoms with Gasteiger partial charge >= 0.3 is 0 Å². The standard InChI is InChI=1S/C20H16Cl3NO4/c1-28-9-8-24-17(11-2-5-13(21)6-3-11)16(19(26)20(24)27)18(25)12-4-7-14(22)15(23)10-12/h2-7,10,17,25H,8-9H2,1H3/b18-16-. The van der Waals surface area contributed by atoms with Gasteiger partial charge in [0, 0.05) is 24.2 Å². The van der Waals surface area contributed by atoms with Crippen molar-refractivity contribution >= 4 is 52.3 Å². The summed E-state index contributed by atoms with van der Waals surface area (Å²) in [6, 6.07) is 10.4. The molecule has 1 N–H and O–H groups in total. The molecule has 0 radical (unpaired) electrons. The van der Waals surface area contributed by atoms with Crippen molar-refractivity contribution in [3.05, 3.63) is 74.2 Å². The molecule has 1 atom stereocenters. The lowest BCUT2D eigenvalue weighted by atomic mass is 9.95. The first kappa shape index (κ1) is 20.7. The Kier molecular flexibility index (Phi) is 6.30. The lowest BCUT2D eigenvalue weighted by Gasteiger charge is -2.25. The van der Waals surface area contributed by atoms with Crippen LogP contribution in [0, 0.1) is 0 Å². The molecule has 0 aliphatic carbocycles. The topological polar surface area (TPSA) is 66.8 Å². The second-order valence-electron chi connectivity index (χ2n) is 6.17. The molecule has 0 saturated carbocycles. The number of nitrogens with zero attached hydrogens (tertiary/aromatic N) is 1. The lowest BCUT2D eigenvalue weighted by Crippen LogP contribution is -2.32. The van der Waals surface area contributed by atoms with Gasteiger partial charge in [0.2, 0.25) is 0 Å². The molecule has 146 valence electrons. The van der Waals surface area contributed by atoms with Gasteiger partial charge < -0.3 is 14.7 Å². The summed E-state index contributed by atoms with van der Waals surface area (Å²) in [5.41, 5.74) is 0.904. The first-order valence-electron chi connectivity index (χ1n) is 8.33. The van der Waals surface area contributed by atoms with E-state index in [1.807, 2.05) is 0 Å². The van der Waals surface area contributed by atoms with Gasteiger partial charge in [0.1, 0.15) is 5.76 Å². The maximum atomic E-state index is 12.8. The van der Waals surface area contributed by atoms with Crippen LogP contribution in [0.15, 0.2) is 48.0 Å². The monoisotopic (exact) mass is 439 g/mol. The number of benzene rings is 2. The first-order chi connectivity index (χ1) is 13.3. The molecule has 1 amide bonds. The van der Waals surface area contributed by atoms with Crippen LogP contribution >= 0.6 is 34.8 Å². The van der Waals surface area contributed by atoms with Crippen molar-refractivity contribution < 1.29 is 19.4 Å². The Bertz CT molecular complexity index is 956. The molecule has 3 rings (SSSR count). The summed E-state index contributed by atoms with van der Waals surface area (Å²) in [6.45, 7) is 0.427. The Morgan fingerprint density at radius 1 is 1.07 bits per heavy atom. The average Bonchev–Trinajstić information content (AvgIpc) is 2.93. The van der Waals surface area contributed by atoms with Crippen molar-refractivity contribution in [2.24, 2.45) is 0 Å². The van der Waals surface area contributed by atoms with Crippen molar-refractivity contribution in [2.45, 2.75) is 6.04 Å². The zero-order valence-electron chi connectivity index (χ0n) is 14.8. The minimum atomic E-state index is -0.778. The van der Waals surface area contributed by atoms with E-state index in [1.54, 1.807) is 24.3 Å². The van der Waals surface area contributed by atoms with Crippen LogP contribution in [0.1, 0.15) is 17.2 Å². The Labute approximate surface area is 177 Å². The zero-order valence-corrected chi connectivity index (χ0v) is 17.1. The summed E-state index contributed by atoms with van der Waals surface area (Å²) in [4.78, 5) is 26.8. The smallest absolute Gasteiger partial charge is 0.295 e. The molecular formula is C20H16Cl3NO4. The van der Waals surface area contributed by atoms with E-state index >= 15 is 0 Å². The third-order valence-electron chi connectivity index (χ3n) is 4.46. The number of likely N-dealkylation sites (tertiary alicyclic amines) is 1. The Morgan fingerprint density at radius 2 is 1.75 bits per heavy atom. The molecule has 2 aromatic carbocycles. The minimum Gasteiger partial charge on any atom is -0.507 e. The van der Waals surface area contributed by atoms with Crippen LogP contribution in [-0.2, 0) is 14.3 Å². The molecule has 1 heterocycles. The van der Waals surface area contributed by atoms with Crippen LogP contribution < -0.4 is 0 Å². The van der Waals surface area contributed by atoms with Crippen molar-refractivity contribution in [3.8, 4) is 0 Å². The van der Waals surface area contributed by atoms with Gasteiger partial charge in [0.15, 0.2) is 0 Å². The highest BCUT2D eigenvalue weighted by atomic mass is 35.5. The zero-order chi connectivity index (χ0) is 20.4. The summed E-state index contributed by atoms with van der Waals surface area (Å²) in [6.07, 6.45) is 0. The predicted molar refractivity (Wildman–Crippen MR) is 109 cm³/mol. The molecule has 8 heteroatoms. The summed E-state index contributed by atoms with van der Waals surface area (Å²) in [5, 5.41) is 11.9. The Morgan fingerprint density at radius 3 is 2.36 bits per heavy atom. The summed E-state index contributed by atoms with van der Waals surface area (Å²) in [7, 11) is 1.50. The number of halogens is 3. The number of hydrogen-bond donors (Lipinski definition) is 1. The van der Waals surface area contributed by atoms with Gasteiger partial charge in [-0.1, -0.05) is 46.9 Å². The molecule has 5 nitrogen and oxygen atoms in total. The SMILES string of the molecule is COCCN1C(=O)C(=O)/C(=C(\O)c2ccc(Cl)c(Cl)c2)C1c1ccc(Cl)cc1. The van der Waals surface area contributed by atoms with Crippen molar-refractivity contribution in [3.63, 3.8) is 0 Å². The number of amides is 1. The normalized spacial score (nSPS) is 18.7. The maximum Gasteiger partial charge on any atom is 0.295 e. The van der Waals surface area contributed by atoms with E-state index in [-0.39, 0.29) is 35.1 Å². The molecule has 28 heavy (non-hydrogen) atoms. The molecule has 0 bridgehead atoms. The van der Waals surface area contributed by atoms with Gasteiger partial charge in [0.05, 0.1) is 28.3 Å². The predicted octanol–water partition coefficient (Wildman–Crippen LogP) is 4.71. The Balaban J connectivity index is 2.17. The van der Waals surface area contributed by atoms with Crippen LogP contribution in [-0.4, -0.2) is 42.0 Å². The molecule has 1 unspecified atom stereocenters. The minimum absolute atomic E-state index is 0.0261. The third-order valence-corrected chi connectivity index (χ3v) is 5.45. The fourth-order valence-corrected chi connectivity index (χ4v) is 3.51. The number of ether oxygens (including phenoxy) is 1. The van der Waals surface area contributed by atoms with Crippen LogP contribution in [0.4, 0.5) is 0 Å². The maximum absolute atomic E-state index is 12.8. The van der Waals surface area contributed by atoms with Crippen LogP contribution in [0.3, 0.4) is 0 Å². The molecule has 1 aliphatic rings. The highest BCUT2D eigenvalue weighted by molar-refractivity contribution is 6.47. The second kappa shape index (κ2) is 8.53. The quantitative estimate of drug-likeness (QED) is 0.415. The number of hydrogen-bond acceptors (Lipinski definition) is 4. The van der Waals surface area contributed by atoms with Crippen molar-refractivity contribution in [1.29, 1.82) is 0 Å². The van der Waals surface area contributed by atoms with Crippen molar-refractivity contribution in [2.75, 3.05) is 20.3 Å². The molecule has 1 saturated heterocycles. The fourth-order valence-electron chi connectivity index (χ4n) is 3.09. The highest BCUT2D eigenvalue weighted by Crippen LogP contribution is 2.40. The number of ketones is 1. The number of aliphatic hydroxyl groups is 1. The highest BCUT2D eigenvalue weighted by Gasteiger charge is 2.45. The van der Waals surface area contributed by atoms with Gasteiger partial charge in [-0.2, -0.15) is 0 Å². The molecule has 2 aromatic rings. The molecular weight excluding hydrogens is 425 g/mol. The average molecular weight is 441 g/mol. The number of rotatable bonds is 5. The second-order valence-corrected chi connectivity index (χ2v) is 7.42. The molecule has 1 aliphatic heterocycles. The summed E-state index contributed by atoms with van der Waals surface area (Å²) < 4.78 is 5.06. The van der Waals surface area contributed by atoms with E-state index in [9.17, 15) is 14.7 Å². The van der Waals surface area contributed by atoms with Crippen molar-refractivity contribution in [1.82, 2.24) is 4.90 Å². The number of carbonyl (C=O) groups is 2. The molecule has 0 spiro atoms. The Hall–Kier alpha value is -2.05. The third kappa shape index (κ3) is 3.89. The van der Waals surface area contributed by atoms with Crippen LogP contribution in [0.5, 0.6) is 0 Å². The number of methoxy groups -OCH3 is 1. The van der Waals surface area contributed by atoms with Crippen LogP contribution in [0.2, 0.25) is 15.1 Å². The van der Waals surface area contributed by atoms with E-state index < -0.39 is 17.7 Å². The molecule has 0 aromatic heterocycles. The van der Waals surface area contributed by atoms with E-state index in [2.05, 4.69) is 0 Å². The summed E-state index contributed by atoms with van der Waals surface area (Å²) in [5.74, 6) is -1.81. The van der Waals surface area contributed by atoms with Gasteiger partial charge in [-0.3, -0.25) is 9.59 Å². The number of carbonyl (C=O) groups excluding carboxylic acids is 2. The van der Waals surface area contributed by atoms with E-state index in [0.717, 1.165) is 0 Å². The number of aliphatic hydroxyl groups excluding tert-OH is 1. The van der Waals surface area contributed by atoms with Gasteiger partial charge in [-0.25, -0.2) is 0 Å². The fraction of sp³-hybridized carbons (Fsp3) is 0.200. The van der Waals surface area contributed by atoms with Gasteiger partial charge in [-0.15, -0.1) is 0 Å². The van der Waals surface area contributed by atoms with Crippen LogP contribution in [0.25, 0.3) is 5.76 Å². The van der Waals surface area contributed by atoms with Gasteiger partial charge in [0.25, 0.3) is 11.7 Å². The van der Waals surface area contributed by atoms with E-state index in [0.29, 0.717) is 15.6 Å². The molecule has 1 fully saturated rings. The lowest BCUT2D eigenvalue weighted by molar-refractivity contribution is -0.140. The van der Waals surface area contributed by atoms with E-state index in [4.69, 9.17) is 39.5 Å². The van der Waals surface area contributed by atoms with E-state index in [1.165, 1.54) is 30.2 Å². The largest absolute Gasteiger partial charge is 0.507 e. The van der Waals surface area contributed by atoms with Gasteiger partial charge in [-0.05, 0) is 35.9 Å². The summed E-state index contributed by atoms with van der Waals surface area (Å²) >= 11 is 17.9.